The Morgan fingerprint density at radius 1 is 1.29 bits per heavy atom. The highest BCUT2D eigenvalue weighted by atomic mass is 16.1. The number of hydrogen-bond donors (Lipinski definition) is 1. The Morgan fingerprint density at radius 3 is 2.71 bits per heavy atom. The molecular weight excluding hydrogens is 264 g/mol. The fourth-order valence-corrected chi connectivity index (χ4v) is 2.25. The number of aromatic nitrogens is 4. The number of hydrogen-bond acceptors (Lipinski definition) is 4. The van der Waals surface area contributed by atoms with Gasteiger partial charge in [0.25, 0.3) is 5.56 Å². The van der Waals surface area contributed by atoms with Crippen LogP contribution < -0.4 is 5.56 Å². The van der Waals surface area contributed by atoms with Gasteiger partial charge in [0, 0.05) is 41.5 Å². The second kappa shape index (κ2) is 5.17. The highest BCUT2D eigenvalue weighted by molar-refractivity contribution is 5.96. The molecule has 0 spiro atoms. The van der Waals surface area contributed by atoms with Crippen LogP contribution in [0, 0.1) is 12.3 Å². The van der Waals surface area contributed by atoms with Crippen LogP contribution in [-0.4, -0.2) is 19.9 Å². The van der Waals surface area contributed by atoms with Crippen LogP contribution in [0.1, 0.15) is 18.3 Å². The van der Waals surface area contributed by atoms with Gasteiger partial charge in [-0.1, -0.05) is 12.8 Å². The number of fused-ring (bicyclic) bond motifs is 1. The van der Waals surface area contributed by atoms with Crippen molar-refractivity contribution in [3.05, 3.63) is 52.6 Å². The van der Waals surface area contributed by atoms with E-state index in [0.717, 1.165) is 23.2 Å². The zero-order valence-electron chi connectivity index (χ0n) is 11.4. The number of terminal acetylenes is 1. The largest absolute Gasteiger partial charge is 0.319 e. The van der Waals surface area contributed by atoms with Gasteiger partial charge >= 0.3 is 0 Å². The lowest BCUT2D eigenvalue weighted by Crippen LogP contribution is -2.12. The topological polar surface area (TPSA) is 71.5 Å². The van der Waals surface area contributed by atoms with Gasteiger partial charge < -0.3 is 4.98 Å². The summed E-state index contributed by atoms with van der Waals surface area (Å²) in [6.45, 7) is 1.98. The molecule has 0 unspecified atom stereocenters. The summed E-state index contributed by atoms with van der Waals surface area (Å²) in [4.78, 5) is 27.4. The number of rotatable bonds is 2. The summed E-state index contributed by atoms with van der Waals surface area (Å²) in [7, 11) is 0. The average Bonchev–Trinajstić information content (AvgIpc) is 2.53. The van der Waals surface area contributed by atoms with Crippen molar-refractivity contribution in [1.29, 1.82) is 0 Å². The second-order valence-corrected chi connectivity index (χ2v) is 4.51. The van der Waals surface area contributed by atoms with Crippen LogP contribution in [0.3, 0.4) is 0 Å². The van der Waals surface area contributed by atoms with Crippen LogP contribution in [0.15, 0.2) is 35.6 Å². The summed E-state index contributed by atoms with van der Waals surface area (Å²) < 4.78 is 0. The molecule has 0 radical (unpaired) electrons. The Hall–Kier alpha value is -3.00. The maximum atomic E-state index is 12.1. The maximum Gasteiger partial charge on any atom is 0.264 e. The van der Waals surface area contributed by atoms with Crippen LogP contribution in [0.5, 0.6) is 0 Å². The molecule has 0 saturated heterocycles. The maximum absolute atomic E-state index is 12.1. The highest BCUT2D eigenvalue weighted by Gasteiger charge is 2.13. The van der Waals surface area contributed by atoms with Crippen LogP contribution in [0.2, 0.25) is 0 Å². The standard InChI is InChI=1S/C16H12N4O/c1-3-11-15(10-7-18-14(4-2)19-8-10)12-5-6-17-9-13(12)20-16(11)21/h1,5-9H,4H2,2H3,(H,20,21). The molecule has 3 aromatic rings. The summed E-state index contributed by atoms with van der Waals surface area (Å²) in [5.41, 5.74) is 1.99. The zero-order chi connectivity index (χ0) is 14.8. The smallest absolute Gasteiger partial charge is 0.264 e. The van der Waals surface area contributed by atoms with Crippen LogP contribution in [0.25, 0.3) is 22.0 Å². The van der Waals surface area contributed by atoms with E-state index in [0.29, 0.717) is 11.1 Å². The van der Waals surface area contributed by atoms with Gasteiger partial charge in [0.2, 0.25) is 0 Å². The van der Waals surface area contributed by atoms with Gasteiger partial charge in [-0.15, -0.1) is 6.42 Å². The Bertz CT molecular complexity index is 904. The lowest BCUT2D eigenvalue weighted by molar-refractivity contribution is 0.941. The first kappa shape index (κ1) is 13.0. The van der Waals surface area contributed by atoms with Gasteiger partial charge in [0.15, 0.2) is 0 Å². The number of aryl methyl sites for hydroxylation is 1. The number of nitrogens with zero attached hydrogens (tertiary/aromatic N) is 3. The molecule has 0 amide bonds. The minimum absolute atomic E-state index is 0.279. The Morgan fingerprint density at radius 2 is 2.05 bits per heavy atom. The Labute approximate surface area is 121 Å². The molecule has 21 heavy (non-hydrogen) atoms. The van der Waals surface area contributed by atoms with E-state index in [9.17, 15) is 4.79 Å². The number of nitrogens with one attached hydrogen (secondary N) is 1. The first-order valence-electron chi connectivity index (χ1n) is 6.52. The fraction of sp³-hybridized carbons (Fsp3) is 0.125. The minimum atomic E-state index is -0.312. The molecule has 5 nitrogen and oxygen atoms in total. The molecule has 0 bridgehead atoms. The third-order valence-corrected chi connectivity index (χ3v) is 3.27. The average molecular weight is 276 g/mol. The summed E-state index contributed by atoms with van der Waals surface area (Å²) in [6.07, 6.45) is 12.9. The molecule has 0 aliphatic rings. The third-order valence-electron chi connectivity index (χ3n) is 3.27. The van der Waals surface area contributed by atoms with E-state index in [1.807, 2.05) is 13.0 Å². The summed E-state index contributed by atoms with van der Waals surface area (Å²) in [5, 5.41) is 0.824. The first-order chi connectivity index (χ1) is 10.2. The highest BCUT2D eigenvalue weighted by Crippen LogP contribution is 2.27. The van der Waals surface area contributed by atoms with Gasteiger partial charge in [0.05, 0.1) is 17.3 Å². The molecule has 0 aliphatic carbocycles. The van der Waals surface area contributed by atoms with E-state index in [-0.39, 0.29) is 11.1 Å². The molecule has 0 fully saturated rings. The molecule has 102 valence electrons. The molecule has 0 aliphatic heterocycles. The molecule has 0 atom stereocenters. The zero-order valence-corrected chi connectivity index (χ0v) is 11.4. The van der Waals surface area contributed by atoms with Gasteiger partial charge in [0.1, 0.15) is 5.82 Å². The van der Waals surface area contributed by atoms with Gasteiger partial charge in [-0.25, -0.2) is 9.97 Å². The third kappa shape index (κ3) is 2.17. The molecule has 0 aromatic carbocycles. The SMILES string of the molecule is C#Cc1c(-c2cnc(CC)nc2)c2ccncc2[nH]c1=O. The molecule has 1 N–H and O–H groups in total. The lowest BCUT2D eigenvalue weighted by Gasteiger charge is -2.08. The Balaban J connectivity index is 2.38. The normalized spacial score (nSPS) is 10.5. The van der Waals surface area contributed by atoms with E-state index in [1.165, 1.54) is 0 Å². The van der Waals surface area contributed by atoms with E-state index < -0.39 is 0 Å². The predicted molar refractivity (Wildman–Crippen MR) is 80.7 cm³/mol. The Kier molecular flexibility index (Phi) is 3.20. The molecular formula is C16H12N4O. The molecule has 5 heteroatoms. The van der Waals surface area contributed by atoms with E-state index in [2.05, 4.69) is 25.9 Å². The summed E-state index contributed by atoms with van der Waals surface area (Å²) >= 11 is 0. The van der Waals surface area contributed by atoms with Crippen molar-refractivity contribution in [3.8, 4) is 23.5 Å². The van der Waals surface area contributed by atoms with Crippen molar-refractivity contribution in [3.63, 3.8) is 0 Å². The van der Waals surface area contributed by atoms with Crippen LogP contribution in [-0.2, 0) is 6.42 Å². The van der Waals surface area contributed by atoms with Crippen molar-refractivity contribution in [2.24, 2.45) is 0 Å². The second-order valence-electron chi connectivity index (χ2n) is 4.51. The van der Waals surface area contributed by atoms with Crippen molar-refractivity contribution in [1.82, 2.24) is 19.9 Å². The number of aromatic amines is 1. The summed E-state index contributed by atoms with van der Waals surface area (Å²) in [5.74, 6) is 3.21. The summed E-state index contributed by atoms with van der Waals surface area (Å²) in [6, 6.07) is 1.81. The number of H-pyrrole nitrogens is 1. The molecule has 0 saturated carbocycles. The van der Waals surface area contributed by atoms with Gasteiger partial charge in [-0.3, -0.25) is 9.78 Å². The lowest BCUT2D eigenvalue weighted by atomic mass is 9.99. The predicted octanol–water partition coefficient (Wildman–Crippen LogP) is 1.92. The van der Waals surface area contributed by atoms with E-state index >= 15 is 0 Å². The quantitative estimate of drug-likeness (QED) is 0.726. The van der Waals surface area contributed by atoms with Crippen LogP contribution >= 0.6 is 0 Å². The first-order valence-corrected chi connectivity index (χ1v) is 6.52. The van der Waals surface area contributed by atoms with Gasteiger partial charge in [-0.05, 0) is 6.07 Å². The van der Waals surface area contributed by atoms with Crippen molar-refractivity contribution < 1.29 is 0 Å². The number of pyridine rings is 2. The van der Waals surface area contributed by atoms with Crippen molar-refractivity contribution >= 4 is 10.9 Å². The van der Waals surface area contributed by atoms with Crippen LogP contribution in [0.4, 0.5) is 0 Å². The molecule has 3 aromatic heterocycles. The van der Waals surface area contributed by atoms with E-state index in [1.54, 1.807) is 24.8 Å². The van der Waals surface area contributed by atoms with Crippen molar-refractivity contribution in [2.75, 3.05) is 0 Å². The minimum Gasteiger partial charge on any atom is -0.319 e. The fourth-order valence-electron chi connectivity index (χ4n) is 2.25. The molecule has 3 rings (SSSR count). The van der Waals surface area contributed by atoms with Gasteiger partial charge in [-0.2, -0.15) is 0 Å². The van der Waals surface area contributed by atoms with E-state index in [4.69, 9.17) is 6.42 Å². The molecule has 3 heterocycles. The monoisotopic (exact) mass is 276 g/mol. The van der Waals surface area contributed by atoms with Crippen molar-refractivity contribution in [2.45, 2.75) is 13.3 Å².